The SMILES string of the molecule is [B]CC(=O)Nc1cccc(C=C)c1N=C. The summed E-state index contributed by atoms with van der Waals surface area (Å²) in [5.74, 6) is -0.263. The summed E-state index contributed by atoms with van der Waals surface area (Å²) in [5, 5.41) is 2.64. The maximum absolute atomic E-state index is 11.1. The number of carbonyl (C=O) groups is 1. The van der Waals surface area contributed by atoms with Crippen LogP contribution in [0.3, 0.4) is 0 Å². The summed E-state index contributed by atoms with van der Waals surface area (Å²) < 4.78 is 0. The molecule has 0 aliphatic rings. The van der Waals surface area contributed by atoms with Crippen molar-refractivity contribution in [3.8, 4) is 0 Å². The summed E-state index contributed by atoms with van der Waals surface area (Å²) in [7, 11) is 5.20. The van der Waals surface area contributed by atoms with Crippen molar-refractivity contribution in [2.45, 2.75) is 6.32 Å². The lowest BCUT2D eigenvalue weighted by Gasteiger charge is -2.09. The van der Waals surface area contributed by atoms with E-state index >= 15 is 0 Å². The van der Waals surface area contributed by atoms with E-state index in [2.05, 4.69) is 23.6 Å². The zero-order valence-electron chi connectivity index (χ0n) is 8.36. The smallest absolute Gasteiger partial charge is 0.215 e. The number of nitrogens with one attached hydrogen (secondary N) is 1. The van der Waals surface area contributed by atoms with Gasteiger partial charge in [-0.15, -0.1) is 0 Å². The van der Waals surface area contributed by atoms with Crippen molar-refractivity contribution in [3.63, 3.8) is 0 Å². The Labute approximate surface area is 90.3 Å². The molecule has 0 spiro atoms. The zero-order chi connectivity index (χ0) is 11.3. The molecule has 0 saturated heterocycles. The quantitative estimate of drug-likeness (QED) is 0.584. The normalized spacial score (nSPS) is 9.33. The highest BCUT2D eigenvalue weighted by Crippen LogP contribution is 2.29. The average molecular weight is 198 g/mol. The number of benzene rings is 1. The minimum Gasteiger partial charge on any atom is -0.325 e. The van der Waals surface area contributed by atoms with Crippen molar-refractivity contribution in [1.82, 2.24) is 0 Å². The first-order valence-electron chi connectivity index (χ1n) is 4.45. The molecular formula is C11H11BN2O. The molecule has 0 unspecified atom stereocenters. The maximum Gasteiger partial charge on any atom is 0.215 e. The molecule has 0 aliphatic carbocycles. The molecule has 1 aromatic carbocycles. The number of para-hydroxylation sites is 1. The zero-order valence-corrected chi connectivity index (χ0v) is 8.36. The molecule has 15 heavy (non-hydrogen) atoms. The van der Waals surface area contributed by atoms with Gasteiger partial charge in [0.05, 0.1) is 19.2 Å². The monoisotopic (exact) mass is 198 g/mol. The van der Waals surface area contributed by atoms with Gasteiger partial charge in [-0.3, -0.25) is 9.79 Å². The van der Waals surface area contributed by atoms with Gasteiger partial charge in [-0.25, -0.2) is 0 Å². The van der Waals surface area contributed by atoms with Crippen molar-refractivity contribution >= 4 is 37.9 Å². The van der Waals surface area contributed by atoms with E-state index in [-0.39, 0.29) is 12.2 Å². The van der Waals surface area contributed by atoms with E-state index in [4.69, 9.17) is 7.85 Å². The molecule has 1 N–H and O–H groups in total. The summed E-state index contributed by atoms with van der Waals surface area (Å²) in [4.78, 5) is 15.0. The molecular weight excluding hydrogens is 187 g/mol. The number of nitrogens with zero attached hydrogens (tertiary/aromatic N) is 1. The van der Waals surface area contributed by atoms with Gasteiger partial charge in [-0.05, 0) is 19.1 Å². The van der Waals surface area contributed by atoms with Crippen LogP contribution in [0.25, 0.3) is 6.08 Å². The minimum atomic E-state index is -0.263. The van der Waals surface area contributed by atoms with Gasteiger partial charge < -0.3 is 5.32 Å². The predicted molar refractivity (Wildman–Crippen MR) is 64.9 cm³/mol. The first-order valence-corrected chi connectivity index (χ1v) is 4.45. The molecule has 1 aromatic rings. The van der Waals surface area contributed by atoms with Crippen LogP contribution >= 0.6 is 0 Å². The molecule has 0 saturated carbocycles. The van der Waals surface area contributed by atoms with Gasteiger partial charge in [-0.1, -0.05) is 24.8 Å². The summed E-state index contributed by atoms with van der Waals surface area (Å²) in [6.07, 6.45) is 1.59. The van der Waals surface area contributed by atoms with Crippen LogP contribution in [0.4, 0.5) is 11.4 Å². The fraction of sp³-hybridized carbons (Fsp3) is 0.0909. The van der Waals surface area contributed by atoms with Crippen molar-refractivity contribution in [2.75, 3.05) is 5.32 Å². The maximum atomic E-state index is 11.1. The first kappa shape index (κ1) is 11.2. The highest BCUT2D eigenvalue weighted by molar-refractivity contribution is 6.22. The largest absolute Gasteiger partial charge is 0.325 e. The van der Waals surface area contributed by atoms with E-state index < -0.39 is 0 Å². The number of amides is 1. The van der Waals surface area contributed by atoms with Crippen LogP contribution in [0.5, 0.6) is 0 Å². The Kier molecular flexibility index (Phi) is 3.86. The molecule has 74 valence electrons. The van der Waals surface area contributed by atoms with Gasteiger partial charge in [-0.2, -0.15) is 0 Å². The lowest BCUT2D eigenvalue weighted by molar-refractivity contribution is -0.114. The number of anilines is 1. The molecule has 0 bridgehead atoms. The lowest BCUT2D eigenvalue weighted by atomic mass is 10.0. The van der Waals surface area contributed by atoms with Gasteiger partial charge >= 0.3 is 0 Å². The van der Waals surface area contributed by atoms with Crippen LogP contribution in [0.1, 0.15) is 5.56 Å². The fourth-order valence-corrected chi connectivity index (χ4v) is 1.20. The topological polar surface area (TPSA) is 41.5 Å². The molecule has 2 radical (unpaired) electrons. The standard InChI is InChI=1S/C11H11BN2O/c1-3-8-5-4-6-9(11(8)13-2)14-10(15)7-12/h3-6H,1-2,7H2,(H,14,15). The Bertz CT molecular complexity index is 402. The highest BCUT2D eigenvalue weighted by Gasteiger charge is 2.06. The lowest BCUT2D eigenvalue weighted by Crippen LogP contribution is -2.10. The number of carbonyl (C=O) groups excluding carboxylic acids is 1. The van der Waals surface area contributed by atoms with Crippen LogP contribution in [-0.4, -0.2) is 20.5 Å². The average Bonchev–Trinajstić information content (AvgIpc) is 2.28. The van der Waals surface area contributed by atoms with Gasteiger partial charge in [0.15, 0.2) is 0 Å². The molecule has 0 aliphatic heterocycles. The highest BCUT2D eigenvalue weighted by atomic mass is 16.1. The van der Waals surface area contributed by atoms with Crippen LogP contribution in [0.15, 0.2) is 29.8 Å². The summed E-state index contributed by atoms with van der Waals surface area (Å²) in [6, 6.07) is 5.39. The third-order valence-electron chi connectivity index (χ3n) is 1.90. The Balaban J connectivity index is 3.11. The van der Waals surface area contributed by atoms with E-state index in [9.17, 15) is 4.79 Å². The van der Waals surface area contributed by atoms with E-state index in [1.807, 2.05) is 6.07 Å². The molecule has 0 heterocycles. The van der Waals surface area contributed by atoms with E-state index in [0.717, 1.165) is 5.56 Å². The summed E-state index contributed by atoms with van der Waals surface area (Å²) in [6.45, 7) is 7.11. The third-order valence-corrected chi connectivity index (χ3v) is 1.90. The van der Waals surface area contributed by atoms with Crippen molar-refractivity contribution in [3.05, 3.63) is 30.3 Å². The predicted octanol–water partition coefficient (Wildman–Crippen LogP) is 2.19. The van der Waals surface area contributed by atoms with Crippen LogP contribution < -0.4 is 5.32 Å². The van der Waals surface area contributed by atoms with Crippen molar-refractivity contribution in [1.29, 1.82) is 0 Å². The number of rotatable bonds is 4. The molecule has 1 rings (SSSR count). The summed E-state index contributed by atoms with van der Waals surface area (Å²) >= 11 is 0. The third kappa shape index (κ3) is 2.56. The van der Waals surface area contributed by atoms with Gasteiger partial charge in [0.1, 0.15) is 0 Å². The van der Waals surface area contributed by atoms with Gasteiger partial charge in [0, 0.05) is 5.56 Å². The molecule has 0 fully saturated rings. The summed E-state index contributed by atoms with van der Waals surface area (Å²) in [5.41, 5.74) is 2.02. The molecule has 4 heteroatoms. The second kappa shape index (κ2) is 5.15. The Morgan fingerprint density at radius 2 is 2.33 bits per heavy atom. The molecule has 1 amide bonds. The number of hydrogen-bond acceptors (Lipinski definition) is 2. The van der Waals surface area contributed by atoms with Crippen LogP contribution in [0.2, 0.25) is 6.32 Å². The van der Waals surface area contributed by atoms with Gasteiger partial charge in [0.2, 0.25) is 5.91 Å². The molecule has 0 aromatic heterocycles. The molecule has 0 atom stereocenters. The molecule has 3 nitrogen and oxygen atoms in total. The van der Waals surface area contributed by atoms with Crippen LogP contribution in [-0.2, 0) is 4.79 Å². The second-order valence-electron chi connectivity index (χ2n) is 2.86. The number of aliphatic imine (C=N–C) groups is 1. The Hall–Kier alpha value is -1.84. The Morgan fingerprint density at radius 3 is 2.87 bits per heavy atom. The van der Waals surface area contributed by atoms with E-state index in [1.54, 1.807) is 18.2 Å². The minimum absolute atomic E-state index is 0.0606. The second-order valence-corrected chi connectivity index (χ2v) is 2.86. The Morgan fingerprint density at radius 1 is 1.60 bits per heavy atom. The van der Waals surface area contributed by atoms with E-state index in [1.165, 1.54) is 0 Å². The van der Waals surface area contributed by atoms with E-state index in [0.29, 0.717) is 11.4 Å². The van der Waals surface area contributed by atoms with Crippen molar-refractivity contribution < 1.29 is 4.79 Å². The first-order chi connectivity index (χ1) is 7.22. The van der Waals surface area contributed by atoms with Crippen LogP contribution in [0, 0.1) is 0 Å². The fourth-order valence-electron chi connectivity index (χ4n) is 1.20. The number of hydrogen-bond donors (Lipinski definition) is 1. The van der Waals surface area contributed by atoms with Gasteiger partial charge in [0.25, 0.3) is 0 Å². The van der Waals surface area contributed by atoms with Crippen molar-refractivity contribution in [2.24, 2.45) is 4.99 Å².